The highest BCUT2D eigenvalue weighted by Gasteiger charge is 2.02. The average molecular weight is 240 g/mol. The van der Waals surface area contributed by atoms with E-state index in [-0.39, 0.29) is 5.56 Å². The Kier molecular flexibility index (Phi) is 2.57. The summed E-state index contributed by atoms with van der Waals surface area (Å²) in [6.45, 7) is 0.467. The number of benzene rings is 1. The molecular weight excluding hydrogens is 228 g/mol. The Balaban J connectivity index is 1.91. The summed E-state index contributed by atoms with van der Waals surface area (Å²) in [6.07, 6.45) is 3.78. The monoisotopic (exact) mass is 240 g/mol. The van der Waals surface area contributed by atoms with E-state index < -0.39 is 0 Å². The summed E-state index contributed by atoms with van der Waals surface area (Å²) in [4.78, 5) is 19.0. The quantitative estimate of drug-likeness (QED) is 0.728. The maximum Gasteiger partial charge on any atom is 0.258 e. The summed E-state index contributed by atoms with van der Waals surface area (Å²) < 4.78 is 1.81. The third kappa shape index (κ3) is 1.98. The van der Waals surface area contributed by atoms with Gasteiger partial charge in [-0.2, -0.15) is 0 Å². The van der Waals surface area contributed by atoms with E-state index in [1.807, 2.05) is 47.4 Å². The lowest BCUT2D eigenvalue weighted by molar-refractivity contribution is 0.805. The largest absolute Gasteiger partial charge is 0.319 e. The van der Waals surface area contributed by atoms with Gasteiger partial charge in [0.25, 0.3) is 5.56 Å². The topological polar surface area (TPSA) is 62.7 Å². The molecule has 5 heteroatoms. The zero-order chi connectivity index (χ0) is 12.4. The molecule has 3 aromatic rings. The summed E-state index contributed by atoms with van der Waals surface area (Å²) >= 11 is 0. The lowest BCUT2D eigenvalue weighted by atomic mass is 10.2. The molecule has 0 aliphatic carbocycles. The van der Waals surface area contributed by atoms with Gasteiger partial charge in [-0.3, -0.25) is 9.47 Å². The van der Waals surface area contributed by atoms with Crippen LogP contribution in [0, 0.1) is 0 Å². The maximum absolute atomic E-state index is 11.8. The molecule has 2 N–H and O–H groups in total. The molecule has 3 rings (SSSR count). The van der Waals surface area contributed by atoms with Gasteiger partial charge in [-0.15, -0.1) is 0 Å². The van der Waals surface area contributed by atoms with Crippen molar-refractivity contribution in [2.45, 2.75) is 6.54 Å². The molecule has 0 aliphatic rings. The molecule has 0 fully saturated rings. The van der Waals surface area contributed by atoms with Crippen molar-refractivity contribution in [3.8, 4) is 0 Å². The summed E-state index contributed by atoms with van der Waals surface area (Å²) in [5, 5.41) is 0.613. The summed E-state index contributed by atoms with van der Waals surface area (Å²) in [5.41, 5.74) is 3.72. The number of nitrogens with one attached hydrogen (secondary N) is 2. The Labute approximate surface area is 103 Å². The fourth-order valence-corrected chi connectivity index (χ4v) is 1.82. The molecule has 0 aliphatic heterocycles. The summed E-state index contributed by atoms with van der Waals surface area (Å²) in [7, 11) is 0. The average Bonchev–Trinajstić information content (AvgIpc) is 2.90. The molecule has 2 aromatic heterocycles. The Bertz CT molecular complexity index is 715. The Morgan fingerprint density at radius 1 is 1.17 bits per heavy atom. The molecule has 0 unspecified atom stereocenters. The molecule has 0 spiro atoms. The van der Waals surface area contributed by atoms with Crippen LogP contribution in [0.2, 0.25) is 0 Å². The molecule has 0 saturated heterocycles. The van der Waals surface area contributed by atoms with Crippen LogP contribution in [0.4, 0.5) is 0 Å². The molecule has 0 saturated carbocycles. The third-order valence-electron chi connectivity index (χ3n) is 2.70. The highest BCUT2D eigenvalue weighted by atomic mass is 16.1. The van der Waals surface area contributed by atoms with Gasteiger partial charge in [0.1, 0.15) is 5.82 Å². The first-order chi connectivity index (χ1) is 8.83. The number of aromatic amines is 1. The van der Waals surface area contributed by atoms with Gasteiger partial charge in [0, 0.05) is 12.4 Å². The third-order valence-corrected chi connectivity index (χ3v) is 2.70. The zero-order valence-corrected chi connectivity index (χ0v) is 9.63. The van der Waals surface area contributed by atoms with E-state index in [2.05, 4.69) is 15.4 Å². The molecule has 1 aromatic carbocycles. The van der Waals surface area contributed by atoms with Gasteiger partial charge < -0.3 is 10.4 Å². The number of fused-ring (bicyclic) bond motifs is 1. The lowest BCUT2D eigenvalue weighted by Gasteiger charge is -2.07. The molecule has 0 atom stereocenters. The van der Waals surface area contributed by atoms with Gasteiger partial charge in [-0.1, -0.05) is 12.1 Å². The van der Waals surface area contributed by atoms with Crippen LogP contribution in [0.25, 0.3) is 10.9 Å². The molecule has 18 heavy (non-hydrogen) atoms. The van der Waals surface area contributed by atoms with Gasteiger partial charge in [0.05, 0.1) is 17.4 Å². The predicted molar refractivity (Wildman–Crippen MR) is 69.9 cm³/mol. The van der Waals surface area contributed by atoms with E-state index in [4.69, 9.17) is 0 Å². The number of aromatic nitrogens is 3. The molecule has 0 bridgehead atoms. The van der Waals surface area contributed by atoms with Crippen molar-refractivity contribution in [2.75, 3.05) is 5.43 Å². The molecule has 5 nitrogen and oxygen atoms in total. The smallest absolute Gasteiger partial charge is 0.258 e. The van der Waals surface area contributed by atoms with Crippen LogP contribution in [0.3, 0.4) is 0 Å². The Morgan fingerprint density at radius 2 is 1.94 bits per heavy atom. The first-order valence-corrected chi connectivity index (χ1v) is 5.68. The number of para-hydroxylation sites is 1. The second-order valence-electron chi connectivity index (χ2n) is 3.95. The van der Waals surface area contributed by atoms with Crippen LogP contribution in [0.1, 0.15) is 5.82 Å². The van der Waals surface area contributed by atoms with Crippen molar-refractivity contribution in [1.29, 1.82) is 0 Å². The van der Waals surface area contributed by atoms with Crippen LogP contribution < -0.4 is 11.0 Å². The van der Waals surface area contributed by atoms with Crippen molar-refractivity contribution < 1.29 is 0 Å². The van der Waals surface area contributed by atoms with E-state index in [1.54, 1.807) is 6.07 Å². The van der Waals surface area contributed by atoms with Crippen LogP contribution in [0.5, 0.6) is 0 Å². The standard InChI is InChI=1S/C13H12N4O/c18-13-10-5-1-2-6-11(10)15-12(16-13)9-14-17-7-3-4-8-17/h1-8,14H,9H2,(H,15,16,18). The van der Waals surface area contributed by atoms with Gasteiger partial charge in [-0.25, -0.2) is 4.98 Å². The SMILES string of the molecule is O=c1[nH]c(CNn2cccc2)nc2ccccc12. The van der Waals surface area contributed by atoms with E-state index in [0.29, 0.717) is 23.3 Å². The minimum absolute atomic E-state index is 0.107. The van der Waals surface area contributed by atoms with E-state index in [9.17, 15) is 4.79 Å². The Morgan fingerprint density at radius 3 is 2.78 bits per heavy atom. The van der Waals surface area contributed by atoms with Crippen LogP contribution in [0.15, 0.2) is 53.6 Å². The number of hydrogen-bond acceptors (Lipinski definition) is 3. The second-order valence-corrected chi connectivity index (χ2v) is 3.95. The molecule has 90 valence electrons. The molecule has 0 amide bonds. The first-order valence-electron chi connectivity index (χ1n) is 5.68. The summed E-state index contributed by atoms with van der Waals surface area (Å²) in [5.74, 6) is 0.618. The highest BCUT2D eigenvalue weighted by Crippen LogP contribution is 2.05. The lowest BCUT2D eigenvalue weighted by Crippen LogP contribution is -2.18. The minimum Gasteiger partial charge on any atom is -0.319 e. The van der Waals surface area contributed by atoms with Crippen molar-refractivity contribution in [3.63, 3.8) is 0 Å². The van der Waals surface area contributed by atoms with Gasteiger partial charge in [0.15, 0.2) is 0 Å². The molecule has 0 radical (unpaired) electrons. The number of rotatable bonds is 3. The van der Waals surface area contributed by atoms with Crippen LogP contribution in [-0.4, -0.2) is 14.6 Å². The number of H-pyrrole nitrogens is 1. The van der Waals surface area contributed by atoms with Gasteiger partial charge in [-0.05, 0) is 24.3 Å². The predicted octanol–water partition coefficient (Wildman–Crippen LogP) is 1.47. The van der Waals surface area contributed by atoms with Crippen LogP contribution >= 0.6 is 0 Å². The van der Waals surface area contributed by atoms with Crippen LogP contribution in [-0.2, 0) is 6.54 Å². The van der Waals surface area contributed by atoms with Crippen molar-refractivity contribution in [1.82, 2.24) is 14.6 Å². The van der Waals surface area contributed by atoms with E-state index in [0.717, 1.165) is 0 Å². The zero-order valence-electron chi connectivity index (χ0n) is 9.63. The molecular formula is C13H12N4O. The van der Waals surface area contributed by atoms with Crippen molar-refractivity contribution in [2.24, 2.45) is 0 Å². The highest BCUT2D eigenvalue weighted by molar-refractivity contribution is 5.77. The van der Waals surface area contributed by atoms with Gasteiger partial charge >= 0.3 is 0 Å². The fourth-order valence-electron chi connectivity index (χ4n) is 1.82. The second kappa shape index (κ2) is 4.37. The van der Waals surface area contributed by atoms with Crippen molar-refractivity contribution in [3.05, 3.63) is 65.0 Å². The normalized spacial score (nSPS) is 10.7. The number of hydrogen-bond donors (Lipinski definition) is 2. The maximum atomic E-state index is 11.8. The van der Waals surface area contributed by atoms with E-state index in [1.165, 1.54) is 0 Å². The minimum atomic E-state index is -0.107. The fraction of sp³-hybridized carbons (Fsp3) is 0.0769. The first kappa shape index (κ1) is 10.6. The number of nitrogens with zero attached hydrogens (tertiary/aromatic N) is 2. The van der Waals surface area contributed by atoms with Gasteiger partial charge in [0.2, 0.25) is 0 Å². The van der Waals surface area contributed by atoms with E-state index >= 15 is 0 Å². The summed E-state index contributed by atoms with van der Waals surface area (Å²) in [6, 6.07) is 11.1. The Hall–Kier alpha value is -2.56. The van der Waals surface area contributed by atoms with Crippen molar-refractivity contribution >= 4 is 10.9 Å². The molecule has 2 heterocycles.